The van der Waals surface area contributed by atoms with Crippen molar-refractivity contribution in [3.8, 4) is 0 Å². The fourth-order valence-electron chi connectivity index (χ4n) is 3.63. The largest absolute Gasteiger partial charge is 0.422 e. The van der Waals surface area contributed by atoms with Crippen LogP contribution < -0.4 is 11.2 Å². The first-order valence-electron chi connectivity index (χ1n) is 9.03. The lowest BCUT2D eigenvalue weighted by molar-refractivity contribution is 0.0728. The number of fused-ring (bicyclic) bond motifs is 3. The topological polar surface area (TPSA) is 84.9 Å². The third-order valence-electron chi connectivity index (χ3n) is 5.09. The van der Waals surface area contributed by atoms with Crippen molar-refractivity contribution in [3.63, 3.8) is 0 Å². The molecule has 0 saturated carbocycles. The maximum atomic E-state index is 13.5. The van der Waals surface area contributed by atoms with Crippen molar-refractivity contribution >= 4 is 22.5 Å². The van der Waals surface area contributed by atoms with E-state index in [2.05, 4.69) is 4.98 Å². The normalized spacial score (nSPS) is 13.6. The molecule has 0 bridgehead atoms. The summed E-state index contributed by atoms with van der Waals surface area (Å²) in [6.07, 6.45) is 1.44. The summed E-state index contributed by atoms with van der Waals surface area (Å²) in [4.78, 5) is 43.9. The van der Waals surface area contributed by atoms with E-state index in [9.17, 15) is 18.8 Å². The van der Waals surface area contributed by atoms with E-state index < -0.39 is 22.9 Å². The van der Waals surface area contributed by atoms with Crippen LogP contribution in [0.2, 0.25) is 0 Å². The van der Waals surface area contributed by atoms with Gasteiger partial charge in [-0.2, -0.15) is 0 Å². The molecule has 144 valence electrons. The number of aromatic nitrogens is 2. The predicted octanol–water partition coefficient (Wildman–Crippen LogP) is 2.14. The van der Waals surface area contributed by atoms with Crippen LogP contribution in [0.3, 0.4) is 0 Å². The van der Waals surface area contributed by atoms with Crippen molar-refractivity contribution in [2.45, 2.75) is 13.0 Å². The van der Waals surface area contributed by atoms with E-state index in [4.69, 9.17) is 4.42 Å². The van der Waals surface area contributed by atoms with Crippen LogP contribution in [0.1, 0.15) is 21.6 Å². The first-order chi connectivity index (χ1) is 14.0. The summed E-state index contributed by atoms with van der Waals surface area (Å²) in [5, 5.41) is 0.635. The summed E-state index contributed by atoms with van der Waals surface area (Å²) in [5.41, 5.74) is 0.405. The Labute approximate surface area is 162 Å². The third kappa shape index (κ3) is 2.80. The average molecular weight is 391 g/mol. The van der Waals surface area contributed by atoms with Crippen LogP contribution in [0.25, 0.3) is 16.6 Å². The number of carbonyl (C=O) groups is 1. The molecule has 0 aliphatic carbocycles. The molecule has 29 heavy (non-hydrogen) atoms. The van der Waals surface area contributed by atoms with Crippen LogP contribution in [0.15, 0.2) is 62.7 Å². The molecule has 0 fully saturated rings. The maximum Gasteiger partial charge on any atom is 0.349 e. The SMILES string of the molecule is O=C(c1cc2ccccc2oc1=O)N1CCc2nc3ccc(F)cn3c(=O)c2C1. The molecule has 0 atom stereocenters. The zero-order chi connectivity index (χ0) is 20.1. The second-order valence-electron chi connectivity index (χ2n) is 6.88. The zero-order valence-corrected chi connectivity index (χ0v) is 15.1. The molecule has 0 unspecified atom stereocenters. The standard InChI is InChI=1S/C21H14FN3O4/c22-13-5-6-18-23-16-7-8-24(11-15(16)20(27)25(18)10-13)19(26)14-9-12-3-1-2-4-17(12)29-21(14)28/h1-6,9-10H,7-8,11H2. The maximum absolute atomic E-state index is 13.5. The highest BCUT2D eigenvalue weighted by atomic mass is 19.1. The molecule has 8 heteroatoms. The van der Waals surface area contributed by atoms with Crippen molar-refractivity contribution in [3.05, 3.63) is 92.1 Å². The van der Waals surface area contributed by atoms with Gasteiger partial charge < -0.3 is 9.32 Å². The summed E-state index contributed by atoms with van der Waals surface area (Å²) >= 11 is 0. The average Bonchev–Trinajstić information content (AvgIpc) is 2.73. The monoisotopic (exact) mass is 391 g/mol. The van der Waals surface area contributed by atoms with E-state index >= 15 is 0 Å². The van der Waals surface area contributed by atoms with Gasteiger partial charge in [-0.25, -0.2) is 14.2 Å². The molecule has 1 aliphatic heterocycles. The lowest BCUT2D eigenvalue weighted by Gasteiger charge is -2.27. The van der Waals surface area contributed by atoms with Crippen molar-refractivity contribution in [1.82, 2.24) is 14.3 Å². The molecular weight excluding hydrogens is 377 g/mol. The van der Waals surface area contributed by atoms with E-state index in [0.717, 1.165) is 10.6 Å². The minimum atomic E-state index is -0.727. The van der Waals surface area contributed by atoms with Crippen molar-refractivity contribution in [1.29, 1.82) is 0 Å². The zero-order valence-electron chi connectivity index (χ0n) is 15.1. The van der Waals surface area contributed by atoms with E-state index in [0.29, 0.717) is 40.8 Å². The third-order valence-corrected chi connectivity index (χ3v) is 5.09. The van der Waals surface area contributed by atoms with Crippen molar-refractivity contribution in [2.24, 2.45) is 0 Å². The van der Waals surface area contributed by atoms with E-state index in [-0.39, 0.29) is 12.1 Å². The summed E-state index contributed by atoms with van der Waals surface area (Å²) in [5.74, 6) is -1.07. The number of amides is 1. The van der Waals surface area contributed by atoms with Crippen LogP contribution in [-0.2, 0) is 13.0 Å². The lowest BCUT2D eigenvalue weighted by atomic mass is 10.1. The van der Waals surface area contributed by atoms with Gasteiger partial charge >= 0.3 is 5.63 Å². The summed E-state index contributed by atoms with van der Waals surface area (Å²) in [6, 6.07) is 11.1. The van der Waals surface area contributed by atoms with Gasteiger partial charge in [-0.3, -0.25) is 14.0 Å². The number of carbonyl (C=O) groups excluding carboxylic acids is 1. The molecule has 4 heterocycles. The quantitative estimate of drug-likeness (QED) is 0.464. The van der Waals surface area contributed by atoms with Crippen LogP contribution in [-0.4, -0.2) is 26.7 Å². The number of benzene rings is 1. The Balaban J connectivity index is 1.55. The van der Waals surface area contributed by atoms with Gasteiger partial charge in [0.15, 0.2) is 0 Å². The molecule has 1 aliphatic rings. The van der Waals surface area contributed by atoms with Gasteiger partial charge in [-0.05, 0) is 24.3 Å². The smallest absolute Gasteiger partial charge is 0.349 e. The summed E-state index contributed by atoms with van der Waals surface area (Å²) in [6.45, 7) is 0.299. The fourth-order valence-corrected chi connectivity index (χ4v) is 3.63. The second-order valence-corrected chi connectivity index (χ2v) is 6.88. The molecule has 0 N–H and O–H groups in total. The van der Waals surface area contributed by atoms with E-state index in [1.807, 2.05) is 0 Å². The molecule has 7 nitrogen and oxygen atoms in total. The van der Waals surface area contributed by atoms with E-state index in [1.54, 1.807) is 24.3 Å². The molecule has 5 rings (SSSR count). The highest BCUT2D eigenvalue weighted by Gasteiger charge is 2.27. The van der Waals surface area contributed by atoms with Crippen LogP contribution in [0, 0.1) is 5.82 Å². The second kappa shape index (κ2) is 6.37. The molecule has 0 radical (unpaired) electrons. The lowest BCUT2D eigenvalue weighted by Crippen LogP contribution is -2.41. The summed E-state index contributed by atoms with van der Waals surface area (Å²) < 4.78 is 19.9. The van der Waals surface area contributed by atoms with Crippen LogP contribution in [0.5, 0.6) is 0 Å². The Morgan fingerprint density at radius 3 is 2.83 bits per heavy atom. The molecule has 1 amide bonds. The van der Waals surface area contributed by atoms with Gasteiger partial charge in [0.25, 0.3) is 11.5 Å². The highest BCUT2D eigenvalue weighted by molar-refractivity contribution is 5.96. The Kier molecular flexibility index (Phi) is 3.80. The van der Waals surface area contributed by atoms with Gasteiger partial charge in [0.2, 0.25) is 0 Å². The highest BCUT2D eigenvalue weighted by Crippen LogP contribution is 2.19. The fraction of sp³-hybridized carbons (Fsp3) is 0.143. The van der Waals surface area contributed by atoms with E-state index in [1.165, 1.54) is 23.1 Å². The predicted molar refractivity (Wildman–Crippen MR) is 102 cm³/mol. The number of pyridine rings is 1. The number of nitrogens with zero attached hydrogens (tertiary/aromatic N) is 3. The first kappa shape index (κ1) is 17.3. The molecule has 0 saturated heterocycles. The molecule has 1 aromatic carbocycles. The van der Waals surface area contributed by atoms with Crippen molar-refractivity contribution < 1.29 is 13.6 Å². The van der Waals surface area contributed by atoms with Crippen molar-refractivity contribution in [2.75, 3.05) is 6.54 Å². The number of halogens is 1. The Hall–Kier alpha value is -3.81. The molecule has 3 aromatic heterocycles. The van der Waals surface area contributed by atoms with Gasteiger partial charge in [0.05, 0.1) is 17.8 Å². The Bertz CT molecular complexity index is 1420. The number of hydrogen-bond donors (Lipinski definition) is 0. The molecule has 0 spiro atoms. The van der Waals surface area contributed by atoms with Crippen LogP contribution in [0.4, 0.5) is 4.39 Å². The molecular formula is C21H14FN3O4. The Morgan fingerprint density at radius 1 is 1.14 bits per heavy atom. The number of rotatable bonds is 1. The van der Waals surface area contributed by atoms with Gasteiger partial charge in [0, 0.05) is 24.5 Å². The minimum absolute atomic E-state index is 0.00821. The van der Waals surface area contributed by atoms with Gasteiger partial charge in [0.1, 0.15) is 22.6 Å². The Morgan fingerprint density at radius 2 is 1.97 bits per heavy atom. The van der Waals surface area contributed by atoms with Gasteiger partial charge in [-0.1, -0.05) is 18.2 Å². The molecule has 4 aromatic rings. The number of para-hydroxylation sites is 1. The minimum Gasteiger partial charge on any atom is -0.422 e. The summed E-state index contributed by atoms with van der Waals surface area (Å²) in [7, 11) is 0. The number of hydrogen-bond acceptors (Lipinski definition) is 5. The van der Waals surface area contributed by atoms with Crippen LogP contribution >= 0.6 is 0 Å². The van der Waals surface area contributed by atoms with Gasteiger partial charge in [-0.15, -0.1) is 0 Å². The first-order valence-corrected chi connectivity index (χ1v) is 9.03.